The van der Waals surface area contributed by atoms with Gasteiger partial charge in [-0.05, 0) is 31.1 Å². The predicted molar refractivity (Wildman–Crippen MR) is 93.8 cm³/mol. The molecule has 0 atom stereocenters. The zero-order valence-electron chi connectivity index (χ0n) is 15.5. The fourth-order valence-electron chi connectivity index (χ4n) is 3.97. The van der Waals surface area contributed by atoms with Crippen molar-refractivity contribution in [1.82, 2.24) is 15.1 Å². The summed E-state index contributed by atoms with van der Waals surface area (Å²) in [6, 6.07) is 0.330. The smallest absolute Gasteiger partial charge is 0.317 e. The first-order chi connectivity index (χ1) is 11.5. The Hall–Kier alpha value is -1.30. The largest absolute Gasteiger partial charge is 0.375 e. The molecule has 6 nitrogen and oxygen atoms in total. The standard InChI is InChI=1S/C18H33N3O3/c1-4-18(5-2)8-6-15(7-9-18)19-17(23)21-12-10-20(11-13-21)16(22)14-24-3/h15H,4-14H2,1-3H3,(H,19,23). The normalized spacial score (nSPS) is 21.6. The summed E-state index contributed by atoms with van der Waals surface area (Å²) in [5.74, 6) is 0.000287. The molecule has 1 saturated heterocycles. The molecule has 0 aromatic heterocycles. The van der Waals surface area contributed by atoms with Crippen LogP contribution >= 0.6 is 0 Å². The quantitative estimate of drug-likeness (QED) is 0.835. The van der Waals surface area contributed by atoms with Gasteiger partial charge in [-0.1, -0.05) is 26.7 Å². The molecular weight excluding hydrogens is 306 g/mol. The van der Waals surface area contributed by atoms with Crippen LogP contribution in [0.5, 0.6) is 0 Å². The van der Waals surface area contributed by atoms with Crippen LogP contribution in [0.2, 0.25) is 0 Å². The molecule has 0 radical (unpaired) electrons. The van der Waals surface area contributed by atoms with Crippen molar-refractivity contribution < 1.29 is 14.3 Å². The summed E-state index contributed by atoms with van der Waals surface area (Å²) in [6.07, 6.45) is 7.07. The molecule has 0 bridgehead atoms. The Labute approximate surface area is 145 Å². The summed E-state index contributed by atoms with van der Waals surface area (Å²) in [5, 5.41) is 3.20. The third-order valence-corrected chi connectivity index (χ3v) is 6.06. The number of urea groups is 1. The maximum atomic E-state index is 12.5. The second-order valence-electron chi connectivity index (χ2n) is 7.23. The molecule has 0 aromatic carbocycles. The summed E-state index contributed by atoms with van der Waals surface area (Å²) >= 11 is 0. The van der Waals surface area contributed by atoms with Gasteiger partial charge in [0.05, 0.1) is 0 Å². The van der Waals surface area contributed by atoms with Crippen molar-refractivity contribution in [2.75, 3.05) is 39.9 Å². The van der Waals surface area contributed by atoms with Crippen LogP contribution in [-0.4, -0.2) is 67.7 Å². The minimum absolute atomic E-state index is 0.000287. The van der Waals surface area contributed by atoms with Crippen LogP contribution in [0, 0.1) is 5.41 Å². The van der Waals surface area contributed by atoms with Gasteiger partial charge >= 0.3 is 6.03 Å². The van der Waals surface area contributed by atoms with Gasteiger partial charge in [0.25, 0.3) is 0 Å². The van der Waals surface area contributed by atoms with Crippen LogP contribution in [0.15, 0.2) is 0 Å². The van der Waals surface area contributed by atoms with Gasteiger partial charge in [0.15, 0.2) is 0 Å². The van der Waals surface area contributed by atoms with Crippen molar-refractivity contribution in [3.8, 4) is 0 Å². The topological polar surface area (TPSA) is 61.9 Å². The number of ether oxygens (including phenoxy) is 1. The van der Waals surface area contributed by atoms with Gasteiger partial charge in [-0.3, -0.25) is 4.79 Å². The monoisotopic (exact) mass is 339 g/mol. The van der Waals surface area contributed by atoms with Crippen LogP contribution in [0.25, 0.3) is 0 Å². The summed E-state index contributed by atoms with van der Waals surface area (Å²) < 4.78 is 4.88. The highest BCUT2D eigenvalue weighted by Crippen LogP contribution is 2.41. The summed E-state index contributed by atoms with van der Waals surface area (Å²) in [7, 11) is 1.53. The highest BCUT2D eigenvalue weighted by atomic mass is 16.5. The zero-order chi connectivity index (χ0) is 17.6. The highest BCUT2D eigenvalue weighted by molar-refractivity contribution is 5.78. The Balaban J connectivity index is 1.74. The molecule has 1 aliphatic carbocycles. The third kappa shape index (κ3) is 4.62. The number of carbonyl (C=O) groups excluding carboxylic acids is 2. The van der Waals surface area contributed by atoms with Crippen molar-refractivity contribution in [2.24, 2.45) is 5.41 Å². The van der Waals surface area contributed by atoms with Crippen LogP contribution in [0.4, 0.5) is 4.79 Å². The van der Waals surface area contributed by atoms with E-state index in [1.165, 1.54) is 32.8 Å². The van der Waals surface area contributed by atoms with E-state index in [0.29, 0.717) is 37.6 Å². The first kappa shape index (κ1) is 19.0. The van der Waals surface area contributed by atoms with Gasteiger partial charge in [0.1, 0.15) is 6.61 Å². The van der Waals surface area contributed by atoms with E-state index in [1.54, 1.807) is 4.90 Å². The number of methoxy groups -OCH3 is 1. The molecule has 1 aliphatic heterocycles. The van der Waals surface area contributed by atoms with Gasteiger partial charge in [-0.2, -0.15) is 0 Å². The minimum atomic E-state index is 0.000287. The van der Waals surface area contributed by atoms with Gasteiger partial charge < -0.3 is 19.9 Å². The Morgan fingerprint density at radius 3 is 2.08 bits per heavy atom. The Morgan fingerprint density at radius 1 is 1.04 bits per heavy atom. The van der Waals surface area contributed by atoms with E-state index in [2.05, 4.69) is 19.2 Å². The SMILES string of the molecule is CCC1(CC)CCC(NC(=O)N2CCN(C(=O)COC)CC2)CC1. The average Bonchev–Trinajstić information content (AvgIpc) is 2.63. The number of piperazine rings is 1. The van der Waals surface area contributed by atoms with E-state index in [4.69, 9.17) is 4.74 Å². The molecule has 24 heavy (non-hydrogen) atoms. The van der Waals surface area contributed by atoms with Crippen molar-refractivity contribution in [3.63, 3.8) is 0 Å². The van der Waals surface area contributed by atoms with Crippen molar-refractivity contribution in [1.29, 1.82) is 0 Å². The fourth-order valence-corrected chi connectivity index (χ4v) is 3.97. The first-order valence-corrected chi connectivity index (χ1v) is 9.35. The fraction of sp³-hybridized carbons (Fsp3) is 0.889. The predicted octanol–water partition coefficient (Wildman–Crippen LogP) is 2.24. The summed E-state index contributed by atoms with van der Waals surface area (Å²) in [6.45, 7) is 7.07. The van der Waals surface area contributed by atoms with E-state index in [-0.39, 0.29) is 18.5 Å². The van der Waals surface area contributed by atoms with E-state index >= 15 is 0 Å². The van der Waals surface area contributed by atoms with Crippen LogP contribution in [-0.2, 0) is 9.53 Å². The molecule has 0 aromatic rings. The molecule has 3 amide bonds. The Morgan fingerprint density at radius 2 is 1.58 bits per heavy atom. The first-order valence-electron chi connectivity index (χ1n) is 9.35. The number of rotatable bonds is 5. The molecule has 1 N–H and O–H groups in total. The Kier molecular flexibility index (Phi) is 6.90. The number of nitrogens with one attached hydrogen (secondary N) is 1. The van der Waals surface area contributed by atoms with E-state index in [9.17, 15) is 9.59 Å². The summed E-state index contributed by atoms with van der Waals surface area (Å²) in [4.78, 5) is 27.8. The van der Waals surface area contributed by atoms with Crippen molar-refractivity contribution in [2.45, 2.75) is 58.4 Å². The number of carbonyl (C=O) groups is 2. The summed E-state index contributed by atoms with van der Waals surface area (Å²) in [5.41, 5.74) is 0.495. The number of hydrogen-bond acceptors (Lipinski definition) is 3. The number of nitrogens with zero attached hydrogens (tertiary/aromatic N) is 2. The second-order valence-corrected chi connectivity index (χ2v) is 7.23. The number of hydrogen-bond donors (Lipinski definition) is 1. The molecule has 0 spiro atoms. The van der Waals surface area contributed by atoms with Gasteiger partial charge in [-0.15, -0.1) is 0 Å². The lowest BCUT2D eigenvalue weighted by molar-refractivity contribution is -0.136. The van der Waals surface area contributed by atoms with E-state index < -0.39 is 0 Å². The number of amides is 3. The van der Waals surface area contributed by atoms with Gasteiger partial charge in [-0.25, -0.2) is 4.79 Å². The third-order valence-electron chi connectivity index (χ3n) is 6.06. The average molecular weight is 339 g/mol. The van der Waals surface area contributed by atoms with Crippen molar-refractivity contribution >= 4 is 11.9 Å². The molecule has 138 valence electrons. The molecule has 2 rings (SSSR count). The van der Waals surface area contributed by atoms with Crippen molar-refractivity contribution in [3.05, 3.63) is 0 Å². The molecule has 1 heterocycles. The van der Waals surface area contributed by atoms with Crippen LogP contribution in [0.3, 0.4) is 0 Å². The lowest BCUT2D eigenvalue weighted by atomic mass is 9.69. The second kappa shape index (κ2) is 8.70. The molecule has 2 fully saturated rings. The van der Waals surface area contributed by atoms with E-state index in [0.717, 1.165) is 12.8 Å². The molecule has 6 heteroatoms. The zero-order valence-corrected chi connectivity index (χ0v) is 15.5. The maximum absolute atomic E-state index is 12.5. The minimum Gasteiger partial charge on any atom is -0.375 e. The molecule has 1 saturated carbocycles. The Bertz CT molecular complexity index is 419. The molecule has 0 unspecified atom stereocenters. The van der Waals surface area contributed by atoms with Gasteiger partial charge in [0.2, 0.25) is 5.91 Å². The maximum Gasteiger partial charge on any atom is 0.317 e. The molecule has 2 aliphatic rings. The van der Waals surface area contributed by atoms with Crippen LogP contribution in [0.1, 0.15) is 52.4 Å². The van der Waals surface area contributed by atoms with E-state index in [1.807, 2.05) is 4.90 Å². The lowest BCUT2D eigenvalue weighted by Crippen LogP contribution is -2.55. The van der Waals surface area contributed by atoms with Gasteiger partial charge in [0, 0.05) is 39.3 Å². The lowest BCUT2D eigenvalue weighted by Gasteiger charge is -2.40. The molecular formula is C18H33N3O3. The van der Waals surface area contributed by atoms with Crippen LogP contribution < -0.4 is 5.32 Å². The highest BCUT2D eigenvalue weighted by Gasteiger charge is 2.33.